The van der Waals surface area contributed by atoms with Gasteiger partial charge in [-0.3, -0.25) is 14.4 Å². The molecule has 0 heterocycles. The number of rotatable bonds is 5. The summed E-state index contributed by atoms with van der Waals surface area (Å²) in [5, 5.41) is 33.2. The smallest absolute Gasteiger partial charge is 0.200 e. The highest BCUT2D eigenvalue weighted by Crippen LogP contribution is 2.67. The summed E-state index contributed by atoms with van der Waals surface area (Å²) in [7, 11) is 0. The summed E-state index contributed by atoms with van der Waals surface area (Å²) < 4.78 is 0. The number of nitrogens with two attached hydrogens (primary N) is 1. The maximum atomic E-state index is 13.1. The first-order valence-electron chi connectivity index (χ1n) is 11.3. The summed E-state index contributed by atoms with van der Waals surface area (Å²) in [6.45, 7) is 3.90. The highest BCUT2D eigenvalue weighted by atomic mass is 35.5. The van der Waals surface area contributed by atoms with E-state index in [-0.39, 0.29) is 61.8 Å². The van der Waals surface area contributed by atoms with E-state index in [9.17, 15) is 29.7 Å². The average Bonchev–Trinajstić information content (AvgIpc) is 2.98. The summed E-state index contributed by atoms with van der Waals surface area (Å²) in [4.78, 5) is 37.2. The quantitative estimate of drug-likeness (QED) is 0.446. The second kappa shape index (κ2) is 8.44. The zero-order valence-corrected chi connectivity index (χ0v) is 19.4. The second-order valence-corrected chi connectivity index (χ2v) is 10.4. The molecule has 5 N–H and O–H groups in total. The number of aliphatic hydroxyl groups excluding tert-OH is 2. The second-order valence-electron chi connectivity index (χ2n) is 10.4. The minimum absolute atomic E-state index is 0. The lowest BCUT2D eigenvalue weighted by Crippen LogP contribution is -2.63. The molecule has 0 aromatic rings. The maximum Gasteiger partial charge on any atom is 0.200 e. The van der Waals surface area contributed by atoms with Crippen LogP contribution in [0, 0.1) is 28.6 Å². The number of allylic oxidation sites excluding steroid dienone is 4. The first-order chi connectivity index (χ1) is 14.5. The van der Waals surface area contributed by atoms with Gasteiger partial charge >= 0.3 is 0 Å². The van der Waals surface area contributed by atoms with Crippen molar-refractivity contribution < 1.29 is 29.7 Å². The minimum Gasteiger partial charge on any atom is -0.393 e. The Kier molecular flexibility index (Phi) is 6.66. The Labute approximate surface area is 194 Å². The van der Waals surface area contributed by atoms with Crippen LogP contribution in [-0.4, -0.2) is 57.0 Å². The van der Waals surface area contributed by atoms with E-state index in [1.807, 2.05) is 13.0 Å². The number of aliphatic hydroxyl groups is 3. The first kappa shape index (κ1) is 25.2. The number of hydrogen-bond donors (Lipinski definition) is 4. The lowest BCUT2D eigenvalue weighted by molar-refractivity contribution is -0.183. The van der Waals surface area contributed by atoms with E-state index in [1.54, 1.807) is 12.2 Å². The average molecular weight is 468 g/mol. The molecule has 4 rings (SSSR count). The molecule has 0 saturated heterocycles. The molecule has 0 aromatic heterocycles. The van der Waals surface area contributed by atoms with Crippen molar-refractivity contribution in [1.29, 1.82) is 0 Å². The molecule has 0 bridgehead atoms. The molecular formula is C24H34ClNO6. The van der Waals surface area contributed by atoms with Crippen LogP contribution in [0.5, 0.6) is 0 Å². The number of carbonyl (C=O) groups is 3. The molecular weight excluding hydrogens is 434 g/mol. The summed E-state index contributed by atoms with van der Waals surface area (Å²) in [6.07, 6.45) is 4.79. The molecule has 178 valence electrons. The van der Waals surface area contributed by atoms with Gasteiger partial charge in [0, 0.05) is 23.2 Å². The summed E-state index contributed by atoms with van der Waals surface area (Å²) in [5.41, 5.74) is 3.17. The largest absolute Gasteiger partial charge is 0.393 e. The van der Waals surface area contributed by atoms with Crippen LogP contribution in [-0.2, 0) is 14.4 Å². The van der Waals surface area contributed by atoms with Gasteiger partial charge in [-0.05, 0) is 62.6 Å². The Bertz CT molecular complexity index is 886. The van der Waals surface area contributed by atoms with Crippen molar-refractivity contribution in [2.24, 2.45) is 34.3 Å². The fraction of sp³-hybridized carbons (Fsp3) is 0.708. The van der Waals surface area contributed by atoms with Crippen molar-refractivity contribution >= 4 is 29.8 Å². The SMILES string of the molecule is C[C@]12C=CC(=O)C=C1CC[C@@H]1[C@@H]2C(O)C[C@@]2(C)[C@H]1CC[C@]2(O)C(=O)C(O)C(=O)CCN.Cl. The van der Waals surface area contributed by atoms with Crippen molar-refractivity contribution in [3.05, 3.63) is 23.8 Å². The number of carbonyl (C=O) groups excluding carboxylic acids is 3. The third-order valence-electron chi connectivity index (χ3n) is 9.00. The van der Waals surface area contributed by atoms with Gasteiger partial charge in [-0.25, -0.2) is 0 Å². The lowest BCUT2D eigenvalue weighted by atomic mass is 9.46. The van der Waals surface area contributed by atoms with E-state index in [4.69, 9.17) is 5.73 Å². The topological polar surface area (TPSA) is 138 Å². The van der Waals surface area contributed by atoms with E-state index in [1.165, 1.54) is 0 Å². The zero-order valence-electron chi connectivity index (χ0n) is 18.6. The molecule has 0 spiro atoms. The van der Waals surface area contributed by atoms with Crippen LogP contribution in [0.2, 0.25) is 0 Å². The van der Waals surface area contributed by atoms with E-state index in [0.29, 0.717) is 6.42 Å². The zero-order chi connectivity index (χ0) is 22.8. The van der Waals surface area contributed by atoms with Crippen LogP contribution >= 0.6 is 12.4 Å². The molecule has 0 amide bonds. The highest BCUT2D eigenvalue weighted by Gasteiger charge is 2.68. The van der Waals surface area contributed by atoms with E-state index >= 15 is 0 Å². The van der Waals surface area contributed by atoms with Gasteiger partial charge in [-0.2, -0.15) is 0 Å². The van der Waals surface area contributed by atoms with Gasteiger partial charge in [0.15, 0.2) is 17.7 Å². The predicted molar refractivity (Wildman–Crippen MR) is 120 cm³/mol. The molecule has 0 radical (unpaired) electrons. The molecule has 8 heteroatoms. The Morgan fingerprint density at radius 1 is 1.28 bits per heavy atom. The number of hydrogen-bond acceptors (Lipinski definition) is 7. The number of Topliss-reactive ketones (excluding diaryl/α,β-unsaturated/α-hetero) is 2. The predicted octanol–water partition coefficient (Wildman–Crippen LogP) is 1.27. The fourth-order valence-electron chi connectivity index (χ4n) is 7.39. The lowest BCUT2D eigenvalue weighted by Gasteiger charge is -2.59. The number of halogens is 1. The van der Waals surface area contributed by atoms with Crippen molar-refractivity contribution in [3.8, 4) is 0 Å². The standard InChI is InChI=1S/C24H33NO6.ClH/c1-22-8-5-14(26)11-13(22)3-4-15-16-6-9-24(31,21(30)20(29)17(27)7-10-25)23(16,2)12-18(28)19(15)22;/h5,8,11,15-16,18-20,28-29,31H,3-4,6-7,9-10,12,25H2,1-2H3;1H/t15-,16-,18?,19+,20?,22-,23-,24-;/m0./s1. The van der Waals surface area contributed by atoms with Gasteiger partial charge < -0.3 is 21.1 Å². The molecule has 32 heavy (non-hydrogen) atoms. The van der Waals surface area contributed by atoms with Gasteiger partial charge in [0.05, 0.1) is 6.10 Å². The van der Waals surface area contributed by atoms with Crippen LogP contribution in [0.1, 0.15) is 52.4 Å². The molecule has 4 aliphatic rings. The van der Waals surface area contributed by atoms with Gasteiger partial charge in [0.25, 0.3) is 0 Å². The molecule has 0 aromatic carbocycles. The van der Waals surface area contributed by atoms with Crippen molar-refractivity contribution in [1.82, 2.24) is 0 Å². The van der Waals surface area contributed by atoms with Crippen LogP contribution in [0.25, 0.3) is 0 Å². The van der Waals surface area contributed by atoms with Gasteiger partial charge in [-0.15, -0.1) is 12.4 Å². The van der Waals surface area contributed by atoms with Crippen molar-refractivity contribution in [2.45, 2.75) is 70.2 Å². The monoisotopic (exact) mass is 467 g/mol. The third-order valence-corrected chi connectivity index (χ3v) is 9.00. The van der Waals surface area contributed by atoms with Crippen LogP contribution < -0.4 is 5.73 Å². The Morgan fingerprint density at radius 2 is 1.97 bits per heavy atom. The van der Waals surface area contributed by atoms with Crippen molar-refractivity contribution in [3.63, 3.8) is 0 Å². The van der Waals surface area contributed by atoms with E-state index in [0.717, 1.165) is 18.4 Å². The molecule has 3 saturated carbocycles. The van der Waals surface area contributed by atoms with Gasteiger partial charge in [0.2, 0.25) is 5.78 Å². The van der Waals surface area contributed by atoms with Gasteiger partial charge in [0.1, 0.15) is 5.60 Å². The Hall–Kier alpha value is -1.38. The summed E-state index contributed by atoms with van der Waals surface area (Å²) in [6, 6.07) is 0. The number of fused-ring (bicyclic) bond motifs is 5. The summed E-state index contributed by atoms with van der Waals surface area (Å²) >= 11 is 0. The van der Waals surface area contributed by atoms with Crippen LogP contribution in [0.3, 0.4) is 0 Å². The first-order valence-corrected chi connectivity index (χ1v) is 11.3. The highest BCUT2D eigenvalue weighted by molar-refractivity contribution is 6.09. The molecule has 2 unspecified atom stereocenters. The van der Waals surface area contributed by atoms with Crippen LogP contribution in [0.4, 0.5) is 0 Å². The number of ketones is 3. The summed E-state index contributed by atoms with van der Waals surface area (Å²) in [5.74, 6) is -1.66. The molecule has 3 fully saturated rings. The molecule has 7 nitrogen and oxygen atoms in total. The fourth-order valence-corrected chi connectivity index (χ4v) is 7.39. The van der Waals surface area contributed by atoms with Crippen molar-refractivity contribution in [2.75, 3.05) is 6.54 Å². The Morgan fingerprint density at radius 3 is 2.62 bits per heavy atom. The molecule has 4 aliphatic carbocycles. The Balaban J connectivity index is 0.00000289. The van der Waals surface area contributed by atoms with Gasteiger partial charge in [-0.1, -0.05) is 25.5 Å². The molecule has 8 atom stereocenters. The third kappa shape index (κ3) is 3.36. The maximum absolute atomic E-state index is 13.1. The van der Waals surface area contributed by atoms with Crippen LogP contribution in [0.15, 0.2) is 23.8 Å². The van der Waals surface area contributed by atoms with E-state index < -0.39 is 40.2 Å². The minimum atomic E-state index is -1.90. The normalized spacial score (nSPS) is 43.3. The molecule has 0 aliphatic heterocycles. The van der Waals surface area contributed by atoms with E-state index in [2.05, 4.69) is 6.92 Å².